The SMILES string of the molecule is O=C(c1cccs1)N(c1cn(-c2ccc(F)cc2)nn1)C1CCN(Cc2ccccc2)CC1. The van der Waals surface area contributed by atoms with Gasteiger partial charge in [-0.2, -0.15) is 0 Å². The lowest BCUT2D eigenvalue weighted by molar-refractivity contribution is 0.0961. The minimum Gasteiger partial charge on any atom is -0.299 e. The number of carbonyl (C=O) groups is 1. The fourth-order valence-electron chi connectivity index (χ4n) is 4.24. The van der Waals surface area contributed by atoms with Crippen LogP contribution in [0.3, 0.4) is 0 Å². The molecule has 0 N–H and O–H groups in total. The molecule has 5 rings (SSSR count). The number of carbonyl (C=O) groups excluding carboxylic acids is 1. The van der Waals surface area contributed by atoms with E-state index in [0.717, 1.165) is 32.5 Å². The summed E-state index contributed by atoms with van der Waals surface area (Å²) in [6, 6.07) is 20.3. The van der Waals surface area contributed by atoms with Crippen molar-refractivity contribution in [3.8, 4) is 5.69 Å². The van der Waals surface area contributed by atoms with Crippen LogP contribution in [0.25, 0.3) is 5.69 Å². The average molecular weight is 462 g/mol. The molecular weight excluding hydrogens is 437 g/mol. The average Bonchev–Trinajstić information content (AvgIpc) is 3.55. The minimum absolute atomic E-state index is 0.0324. The van der Waals surface area contributed by atoms with Gasteiger partial charge in [-0.25, -0.2) is 9.07 Å². The lowest BCUT2D eigenvalue weighted by atomic mass is 10.0. The predicted octanol–water partition coefficient (Wildman–Crippen LogP) is 4.78. The second-order valence-electron chi connectivity index (χ2n) is 8.14. The van der Waals surface area contributed by atoms with E-state index in [-0.39, 0.29) is 17.8 Å². The molecular formula is C25H24FN5OS. The summed E-state index contributed by atoms with van der Waals surface area (Å²) in [5.74, 6) is 0.146. The van der Waals surface area contributed by atoms with Crippen LogP contribution in [0.2, 0.25) is 0 Å². The molecule has 0 unspecified atom stereocenters. The molecule has 8 heteroatoms. The van der Waals surface area contributed by atoms with Crippen molar-refractivity contribution in [2.24, 2.45) is 0 Å². The molecule has 2 aromatic carbocycles. The van der Waals surface area contributed by atoms with Crippen molar-refractivity contribution >= 4 is 23.1 Å². The lowest BCUT2D eigenvalue weighted by Crippen LogP contribution is -2.47. The van der Waals surface area contributed by atoms with Gasteiger partial charge in [-0.1, -0.05) is 41.6 Å². The monoisotopic (exact) mass is 461 g/mol. The number of benzene rings is 2. The molecule has 3 heterocycles. The van der Waals surface area contributed by atoms with Crippen LogP contribution in [0.1, 0.15) is 28.1 Å². The molecule has 1 fully saturated rings. The number of nitrogens with zero attached hydrogens (tertiary/aromatic N) is 5. The fourth-order valence-corrected chi connectivity index (χ4v) is 4.90. The van der Waals surface area contributed by atoms with Gasteiger partial charge in [-0.05, 0) is 54.1 Å². The largest absolute Gasteiger partial charge is 0.299 e. The van der Waals surface area contributed by atoms with Gasteiger partial charge in [0.25, 0.3) is 5.91 Å². The Bertz CT molecular complexity index is 1190. The highest BCUT2D eigenvalue weighted by Crippen LogP contribution is 2.27. The molecule has 1 aliphatic heterocycles. The zero-order valence-electron chi connectivity index (χ0n) is 18.0. The summed E-state index contributed by atoms with van der Waals surface area (Å²) in [6.45, 7) is 2.72. The first kappa shape index (κ1) is 21.5. The highest BCUT2D eigenvalue weighted by Gasteiger charge is 2.32. The van der Waals surface area contributed by atoms with Crippen LogP contribution >= 0.6 is 11.3 Å². The number of hydrogen-bond acceptors (Lipinski definition) is 5. The molecule has 6 nitrogen and oxygen atoms in total. The summed E-state index contributed by atoms with van der Waals surface area (Å²) >= 11 is 1.43. The van der Waals surface area contributed by atoms with E-state index < -0.39 is 0 Å². The lowest BCUT2D eigenvalue weighted by Gasteiger charge is -2.37. The second-order valence-corrected chi connectivity index (χ2v) is 9.09. The van der Waals surface area contributed by atoms with Crippen LogP contribution in [0.5, 0.6) is 0 Å². The van der Waals surface area contributed by atoms with E-state index in [0.29, 0.717) is 16.4 Å². The molecule has 2 aromatic heterocycles. The van der Waals surface area contributed by atoms with Gasteiger partial charge in [0.15, 0.2) is 5.82 Å². The van der Waals surface area contributed by atoms with Crippen LogP contribution < -0.4 is 4.90 Å². The molecule has 33 heavy (non-hydrogen) atoms. The van der Waals surface area contributed by atoms with Crippen molar-refractivity contribution in [1.29, 1.82) is 0 Å². The maximum absolute atomic E-state index is 13.5. The Morgan fingerprint density at radius 2 is 1.79 bits per heavy atom. The van der Waals surface area contributed by atoms with Gasteiger partial charge in [0.2, 0.25) is 0 Å². The first-order valence-electron chi connectivity index (χ1n) is 11.0. The van der Waals surface area contributed by atoms with E-state index in [1.807, 2.05) is 23.6 Å². The zero-order valence-corrected chi connectivity index (χ0v) is 18.9. The Balaban J connectivity index is 1.36. The first-order chi connectivity index (χ1) is 16.2. The number of amides is 1. The molecule has 0 aliphatic carbocycles. The van der Waals surface area contributed by atoms with Crippen molar-refractivity contribution in [2.45, 2.75) is 25.4 Å². The van der Waals surface area contributed by atoms with Gasteiger partial charge >= 0.3 is 0 Å². The summed E-state index contributed by atoms with van der Waals surface area (Å²) in [7, 11) is 0. The predicted molar refractivity (Wildman–Crippen MR) is 127 cm³/mol. The van der Waals surface area contributed by atoms with Crippen LogP contribution in [-0.2, 0) is 6.54 Å². The van der Waals surface area contributed by atoms with Crippen LogP contribution in [-0.4, -0.2) is 44.9 Å². The van der Waals surface area contributed by atoms with E-state index in [1.54, 1.807) is 27.9 Å². The first-order valence-corrected chi connectivity index (χ1v) is 11.9. The normalized spacial score (nSPS) is 14.9. The summed E-state index contributed by atoms with van der Waals surface area (Å²) in [5, 5.41) is 10.4. The quantitative estimate of drug-likeness (QED) is 0.415. The molecule has 0 saturated carbocycles. The molecule has 0 radical (unpaired) electrons. The molecule has 168 valence electrons. The Labute approximate surface area is 195 Å². The fraction of sp³-hybridized carbons (Fsp3) is 0.240. The molecule has 0 bridgehead atoms. The van der Waals surface area contributed by atoms with E-state index in [4.69, 9.17) is 0 Å². The summed E-state index contributed by atoms with van der Waals surface area (Å²) < 4.78 is 14.9. The Kier molecular flexibility index (Phi) is 6.28. The molecule has 4 aromatic rings. The van der Waals surface area contributed by atoms with Gasteiger partial charge < -0.3 is 0 Å². The Morgan fingerprint density at radius 3 is 2.48 bits per heavy atom. The number of anilines is 1. The maximum atomic E-state index is 13.5. The topological polar surface area (TPSA) is 54.3 Å². The van der Waals surface area contributed by atoms with Crippen LogP contribution in [0.4, 0.5) is 10.2 Å². The minimum atomic E-state index is -0.309. The van der Waals surface area contributed by atoms with Crippen molar-refractivity contribution < 1.29 is 9.18 Å². The van der Waals surface area contributed by atoms with E-state index in [2.05, 4.69) is 39.5 Å². The third kappa shape index (κ3) is 4.86. The van der Waals surface area contributed by atoms with Gasteiger partial charge in [0.1, 0.15) is 5.82 Å². The summed E-state index contributed by atoms with van der Waals surface area (Å²) in [4.78, 5) is 18.4. The molecule has 0 atom stereocenters. The zero-order chi connectivity index (χ0) is 22.6. The third-order valence-corrected chi connectivity index (χ3v) is 6.80. The van der Waals surface area contributed by atoms with Gasteiger partial charge in [0.05, 0.1) is 16.8 Å². The highest BCUT2D eigenvalue weighted by atomic mass is 32.1. The van der Waals surface area contributed by atoms with Crippen molar-refractivity contribution in [3.63, 3.8) is 0 Å². The number of hydrogen-bond donors (Lipinski definition) is 0. The second kappa shape index (κ2) is 9.64. The number of thiophene rings is 1. The van der Waals surface area contributed by atoms with Crippen molar-refractivity contribution in [1.82, 2.24) is 19.9 Å². The Morgan fingerprint density at radius 1 is 1.03 bits per heavy atom. The number of halogens is 1. The number of piperidine rings is 1. The molecule has 1 amide bonds. The summed E-state index contributed by atoms with van der Waals surface area (Å²) in [5.41, 5.74) is 1.99. The van der Waals surface area contributed by atoms with Crippen LogP contribution in [0.15, 0.2) is 78.3 Å². The maximum Gasteiger partial charge on any atom is 0.269 e. The van der Waals surface area contributed by atoms with Crippen LogP contribution in [0, 0.1) is 5.82 Å². The van der Waals surface area contributed by atoms with Gasteiger partial charge in [-0.3, -0.25) is 14.6 Å². The van der Waals surface area contributed by atoms with E-state index in [9.17, 15) is 9.18 Å². The molecule has 1 aliphatic rings. The number of aromatic nitrogens is 3. The van der Waals surface area contributed by atoms with E-state index in [1.165, 1.54) is 29.0 Å². The van der Waals surface area contributed by atoms with E-state index >= 15 is 0 Å². The summed E-state index contributed by atoms with van der Waals surface area (Å²) in [6.07, 6.45) is 3.45. The van der Waals surface area contributed by atoms with Gasteiger partial charge in [0, 0.05) is 25.7 Å². The smallest absolute Gasteiger partial charge is 0.269 e. The van der Waals surface area contributed by atoms with Crippen molar-refractivity contribution in [3.05, 3.63) is 94.6 Å². The van der Waals surface area contributed by atoms with Gasteiger partial charge in [-0.15, -0.1) is 16.4 Å². The standard InChI is InChI=1S/C25H24FN5OS/c26-20-8-10-21(11-9-20)30-18-24(27-28-30)31(25(32)23-7-4-16-33-23)22-12-14-29(15-13-22)17-19-5-2-1-3-6-19/h1-11,16,18,22H,12-15,17H2. The molecule has 1 saturated heterocycles. The Hall–Kier alpha value is -3.36. The third-order valence-electron chi connectivity index (χ3n) is 5.94. The number of rotatable bonds is 6. The number of likely N-dealkylation sites (tertiary alicyclic amines) is 1. The van der Waals surface area contributed by atoms with Crippen molar-refractivity contribution in [2.75, 3.05) is 18.0 Å². The molecule has 0 spiro atoms. The highest BCUT2D eigenvalue weighted by molar-refractivity contribution is 7.12.